The van der Waals surface area contributed by atoms with Crippen LogP contribution in [0.2, 0.25) is 5.02 Å². The third-order valence-electron chi connectivity index (χ3n) is 4.32. The fourth-order valence-electron chi connectivity index (χ4n) is 3.01. The van der Waals surface area contributed by atoms with Crippen molar-refractivity contribution >= 4 is 23.3 Å². The topological polar surface area (TPSA) is 48.5 Å². The van der Waals surface area contributed by atoms with Gasteiger partial charge in [-0.2, -0.15) is 0 Å². The number of aryl methyl sites for hydroxylation is 1. The van der Waals surface area contributed by atoms with E-state index >= 15 is 0 Å². The van der Waals surface area contributed by atoms with E-state index in [-0.39, 0.29) is 5.91 Å². The van der Waals surface area contributed by atoms with Crippen LogP contribution in [0.1, 0.15) is 11.1 Å². The minimum absolute atomic E-state index is 0.0399. The highest BCUT2D eigenvalue weighted by molar-refractivity contribution is 6.30. The number of halogens is 1. The third kappa shape index (κ3) is 5.53. The fraction of sp³-hybridized carbons (Fsp3) is 0.368. The Balaban J connectivity index is 1.42. The summed E-state index contributed by atoms with van der Waals surface area (Å²) in [4.78, 5) is 20.8. The van der Waals surface area contributed by atoms with Gasteiger partial charge in [0.15, 0.2) is 0 Å². The fourth-order valence-corrected chi connectivity index (χ4v) is 3.12. The summed E-state index contributed by atoms with van der Waals surface area (Å²) in [5, 5.41) is 3.37. The van der Waals surface area contributed by atoms with Crippen molar-refractivity contribution in [3.05, 3.63) is 58.7 Å². The van der Waals surface area contributed by atoms with E-state index in [1.165, 1.54) is 17.3 Å². The van der Waals surface area contributed by atoms with Crippen LogP contribution in [-0.2, 0) is 11.3 Å². The van der Waals surface area contributed by atoms with Crippen molar-refractivity contribution in [1.82, 2.24) is 14.8 Å². The molecule has 1 aromatic carbocycles. The normalized spacial score (nSPS) is 15.9. The molecule has 2 heterocycles. The van der Waals surface area contributed by atoms with E-state index in [0.29, 0.717) is 17.4 Å². The van der Waals surface area contributed by atoms with Gasteiger partial charge in [0.05, 0.1) is 11.6 Å². The molecule has 3 rings (SSSR count). The van der Waals surface area contributed by atoms with Gasteiger partial charge < -0.3 is 5.32 Å². The second kappa shape index (κ2) is 8.43. The number of anilines is 1. The predicted molar refractivity (Wildman–Crippen MR) is 101 cm³/mol. The lowest BCUT2D eigenvalue weighted by Gasteiger charge is -2.34. The highest BCUT2D eigenvalue weighted by Gasteiger charge is 2.19. The van der Waals surface area contributed by atoms with Crippen LogP contribution < -0.4 is 5.32 Å². The average Bonchev–Trinajstić information content (AvgIpc) is 2.59. The largest absolute Gasteiger partial charge is 0.310 e. The number of nitrogens with zero attached hydrogens (tertiary/aromatic N) is 3. The van der Waals surface area contributed by atoms with Crippen molar-refractivity contribution in [3.63, 3.8) is 0 Å². The number of aromatic nitrogens is 1. The summed E-state index contributed by atoms with van der Waals surface area (Å²) in [6.45, 7) is 7.22. The first-order chi connectivity index (χ1) is 12.1. The molecule has 0 saturated carbocycles. The second-order valence-corrected chi connectivity index (χ2v) is 6.89. The van der Waals surface area contributed by atoms with Gasteiger partial charge in [-0.25, -0.2) is 4.98 Å². The summed E-state index contributed by atoms with van der Waals surface area (Å²) in [6, 6.07) is 12.1. The van der Waals surface area contributed by atoms with Gasteiger partial charge in [0, 0.05) is 38.9 Å². The van der Waals surface area contributed by atoms with Gasteiger partial charge in [0.2, 0.25) is 5.91 Å². The van der Waals surface area contributed by atoms with Crippen molar-refractivity contribution in [3.8, 4) is 0 Å². The average molecular weight is 359 g/mol. The lowest BCUT2D eigenvalue weighted by Crippen LogP contribution is -2.48. The Morgan fingerprint density at radius 1 is 1.16 bits per heavy atom. The number of nitrogens with one attached hydrogen (secondary N) is 1. The molecule has 1 N–H and O–H groups in total. The smallest absolute Gasteiger partial charge is 0.239 e. The minimum atomic E-state index is -0.0399. The van der Waals surface area contributed by atoms with Crippen LogP contribution in [0.3, 0.4) is 0 Å². The Labute approximate surface area is 153 Å². The Hall–Kier alpha value is -1.95. The van der Waals surface area contributed by atoms with E-state index in [1.807, 2.05) is 0 Å². The van der Waals surface area contributed by atoms with E-state index in [2.05, 4.69) is 51.3 Å². The van der Waals surface area contributed by atoms with E-state index < -0.39 is 0 Å². The first-order valence-electron chi connectivity index (χ1n) is 8.50. The molecule has 1 aliphatic rings. The highest BCUT2D eigenvalue weighted by Crippen LogP contribution is 2.11. The Bertz CT molecular complexity index is 712. The zero-order chi connectivity index (χ0) is 17.6. The summed E-state index contributed by atoms with van der Waals surface area (Å²) in [5.74, 6) is 0.495. The molecule has 0 unspecified atom stereocenters. The molecule has 2 aromatic rings. The third-order valence-corrected chi connectivity index (χ3v) is 4.54. The SMILES string of the molecule is Cc1cccc(CN2CCN(CC(=O)Nc3ccc(Cl)cn3)CC2)c1. The predicted octanol–water partition coefficient (Wildman–Crippen LogP) is 2.80. The number of hydrogen-bond donors (Lipinski definition) is 1. The molecule has 1 fully saturated rings. The number of carbonyl (C=O) groups excluding carboxylic acids is 1. The van der Waals surface area contributed by atoms with Crippen molar-refractivity contribution < 1.29 is 4.79 Å². The molecule has 5 nitrogen and oxygen atoms in total. The Morgan fingerprint density at radius 3 is 2.60 bits per heavy atom. The maximum Gasteiger partial charge on any atom is 0.239 e. The molecule has 1 amide bonds. The lowest BCUT2D eigenvalue weighted by molar-refractivity contribution is -0.117. The van der Waals surface area contributed by atoms with Crippen LogP contribution >= 0.6 is 11.6 Å². The lowest BCUT2D eigenvalue weighted by atomic mass is 10.1. The Kier molecular flexibility index (Phi) is 6.02. The van der Waals surface area contributed by atoms with Crippen LogP contribution in [0.4, 0.5) is 5.82 Å². The quantitative estimate of drug-likeness (QED) is 0.892. The van der Waals surface area contributed by atoms with Gasteiger partial charge >= 0.3 is 0 Å². The van der Waals surface area contributed by atoms with Gasteiger partial charge in [-0.3, -0.25) is 14.6 Å². The van der Waals surface area contributed by atoms with E-state index in [0.717, 1.165) is 32.7 Å². The highest BCUT2D eigenvalue weighted by atomic mass is 35.5. The van der Waals surface area contributed by atoms with E-state index in [1.54, 1.807) is 12.1 Å². The summed E-state index contributed by atoms with van der Waals surface area (Å²) >= 11 is 5.80. The summed E-state index contributed by atoms with van der Waals surface area (Å²) in [7, 11) is 0. The zero-order valence-corrected chi connectivity index (χ0v) is 15.2. The molecule has 0 bridgehead atoms. The van der Waals surface area contributed by atoms with Crippen LogP contribution in [0.15, 0.2) is 42.6 Å². The number of hydrogen-bond acceptors (Lipinski definition) is 4. The second-order valence-electron chi connectivity index (χ2n) is 6.45. The van der Waals surface area contributed by atoms with E-state index in [4.69, 9.17) is 11.6 Å². The summed E-state index contributed by atoms with van der Waals surface area (Å²) in [6.07, 6.45) is 1.53. The number of amides is 1. The standard InChI is InChI=1S/C19H23ClN4O/c1-15-3-2-4-16(11-15)13-23-7-9-24(10-8-23)14-19(25)22-18-6-5-17(20)12-21-18/h2-6,11-12H,7-10,13-14H2,1H3,(H,21,22,25). The number of rotatable bonds is 5. The minimum Gasteiger partial charge on any atom is -0.310 e. The molecule has 1 aromatic heterocycles. The van der Waals surface area contributed by atoms with Gasteiger partial charge in [0.1, 0.15) is 5.82 Å². The maximum atomic E-state index is 12.1. The molecule has 6 heteroatoms. The van der Waals surface area contributed by atoms with Gasteiger partial charge in [-0.15, -0.1) is 0 Å². The summed E-state index contributed by atoms with van der Waals surface area (Å²) < 4.78 is 0. The maximum absolute atomic E-state index is 12.1. The summed E-state index contributed by atoms with van der Waals surface area (Å²) in [5.41, 5.74) is 2.64. The number of benzene rings is 1. The van der Waals surface area contributed by atoms with Crippen LogP contribution in [0, 0.1) is 6.92 Å². The molecular formula is C19H23ClN4O. The van der Waals surface area contributed by atoms with Crippen LogP contribution in [0.5, 0.6) is 0 Å². The molecule has 0 spiro atoms. The van der Waals surface area contributed by atoms with Crippen molar-refractivity contribution in [2.45, 2.75) is 13.5 Å². The van der Waals surface area contributed by atoms with Crippen LogP contribution in [0.25, 0.3) is 0 Å². The van der Waals surface area contributed by atoms with Crippen LogP contribution in [-0.4, -0.2) is 53.4 Å². The molecule has 0 aliphatic carbocycles. The molecule has 0 atom stereocenters. The molecule has 0 radical (unpaired) electrons. The Morgan fingerprint density at radius 2 is 1.92 bits per heavy atom. The van der Waals surface area contributed by atoms with E-state index in [9.17, 15) is 4.79 Å². The molecule has 1 saturated heterocycles. The molecule has 25 heavy (non-hydrogen) atoms. The number of pyridine rings is 1. The molecule has 132 valence electrons. The van der Waals surface area contributed by atoms with Gasteiger partial charge in [-0.1, -0.05) is 41.4 Å². The number of carbonyl (C=O) groups is 1. The van der Waals surface area contributed by atoms with Gasteiger partial charge in [0.25, 0.3) is 0 Å². The monoisotopic (exact) mass is 358 g/mol. The number of piperazine rings is 1. The van der Waals surface area contributed by atoms with Crippen molar-refractivity contribution in [1.29, 1.82) is 0 Å². The van der Waals surface area contributed by atoms with Crippen molar-refractivity contribution in [2.75, 3.05) is 38.0 Å². The first-order valence-corrected chi connectivity index (χ1v) is 8.88. The first kappa shape index (κ1) is 17.9. The molecule has 1 aliphatic heterocycles. The molecular weight excluding hydrogens is 336 g/mol. The zero-order valence-electron chi connectivity index (χ0n) is 14.4. The van der Waals surface area contributed by atoms with Crippen molar-refractivity contribution in [2.24, 2.45) is 0 Å². The van der Waals surface area contributed by atoms with Gasteiger partial charge in [-0.05, 0) is 24.6 Å².